The van der Waals surface area contributed by atoms with Gasteiger partial charge in [0, 0.05) is 18.1 Å². The van der Waals surface area contributed by atoms with Crippen LogP contribution in [0.5, 0.6) is 0 Å². The van der Waals surface area contributed by atoms with Gasteiger partial charge in [-0.3, -0.25) is 9.59 Å². The van der Waals surface area contributed by atoms with Crippen molar-refractivity contribution in [3.05, 3.63) is 69.7 Å². The molecule has 2 rings (SSSR count). The van der Waals surface area contributed by atoms with E-state index < -0.39 is 6.04 Å². The molecule has 5 heteroatoms. The second kappa shape index (κ2) is 11.8. The Bertz CT molecular complexity index is 846. The number of hydrogen-bond acceptors (Lipinski definition) is 2. The van der Waals surface area contributed by atoms with Crippen molar-refractivity contribution in [2.24, 2.45) is 0 Å². The van der Waals surface area contributed by atoms with E-state index in [-0.39, 0.29) is 18.2 Å². The van der Waals surface area contributed by atoms with Crippen LogP contribution in [0.1, 0.15) is 55.4 Å². The molecule has 0 aliphatic heterocycles. The average Bonchev–Trinajstić information content (AvgIpc) is 2.68. The Balaban J connectivity index is 2.29. The van der Waals surface area contributed by atoms with Crippen molar-refractivity contribution in [2.45, 2.75) is 66.0 Å². The summed E-state index contributed by atoms with van der Waals surface area (Å²) in [4.78, 5) is 28.0. The van der Waals surface area contributed by atoms with Crippen molar-refractivity contribution >= 4 is 23.4 Å². The van der Waals surface area contributed by atoms with Crippen LogP contribution in [0, 0.1) is 13.8 Å². The Morgan fingerprint density at radius 3 is 2.33 bits per heavy atom. The first-order chi connectivity index (χ1) is 14.3. The molecule has 2 amide bonds. The quantitative estimate of drug-likeness (QED) is 0.527. The van der Waals surface area contributed by atoms with Crippen molar-refractivity contribution < 1.29 is 9.59 Å². The van der Waals surface area contributed by atoms with E-state index in [1.165, 1.54) is 0 Å². The minimum absolute atomic E-state index is 0.0718. The van der Waals surface area contributed by atoms with Crippen molar-refractivity contribution in [2.75, 3.05) is 6.54 Å². The molecule has 4 nitrogen and oxygen atoms in total. The molecule has 0 saturated heterocycles. The van der Waals surface area contributed by atoms with E-state index in [0.717, 1.165) is 35.1 Å². The summed E-state index contributed by atoms with van der Waals surface area (Å²) in [5, 5.41) is 3.59. The van der Waals surface area contributed by atoms with Crippen molar-refractivity contribution in [1.82, 2.24) is 10.2 Å². The predicted molar refractivity (Wildman–Crippen MR) is 124 cm³/mol. The van der Waals surface area contributed by atoms with Crippen molar-refractivity contribution in [3.63, 3.8) is 0 Å². The monoisotopic (exact) mass is 428 g/mol. The third-order valence-electron chi connectivity index (χ3n) is 5.15. The van der Waals surface area contributed by atoms with Crippen LogP contribution >= 0.6 is 11.6 Å². The molecule has 1 atom stereocenters. The largest absolute Gasteiger partial charge is 0.354 e. The zero-order chi connectivity index (χ0) is 22.1. The number of aryl methyl sites for hydroxylation is 2. The number of amides is 2. The second-order valence-corrected chi connectivity index (χ2v) is 8.26. The van der Waals surface area contributed by atoms with Gasteiger partial charge in [-0.1, -0.05) is 79.4 Å². The minimum atomic E-state index is -0.531. The molecule has 0 aromatic heterocycles. The highest BCUT2D eigenvalue weighted by Crippen LogP contribution is 2.21. The first-order valence-electron chi connectivity index (χ1n) is 10.7. The molecule has 0 aliphatic rings. The summed E-state index contributed by atoms with van der Waals surface area (Å²) in [6.07, 6.45) is 2.72. The molecule has 30 heavy (non-hydrogen) atoms. The predicted octanol–water partition coefficient (Wildman–Crippen LogP) is 5.22. The molecular weight excluding hydrogens is 396 g/mol. The average molecular weight is 429 g/mol. The standard InChI is InChI=1S/C25H33ClN2O2/c1-5-7-12-27-25(30)23(6-2)28(17-21-10-8-9-11-22(21)26)24(29)16-20-14-18(3)13-19(4)15-20/h8-11,13-15,23H,5-7,12,16-17H2,1-4H3,(H,27,30)/t23-/m0/s1. The van der Waals surface area contributed by atoms with Gasteiger partial charge in [0.05, 0.1) is 6.42 Å². The van der Waals surface area contributed by atoms with E-state index in [4.69, 9.17) is 11.6 Å². The smallest absolute Gasteiger partial charge is 0.242 e. The number of nitrogens with zero attached hydrogens (tertiary/aromatic N) is 1. The maximum absolute atomic E-state index is 13.4. The maximum atomic E-state index is 13.4. The number of benzene rings is 2. The molecular formula is C25H33ClN2O2. The number of halogens is 1. The summed E-state index contributed by atoms with van der Waals surface area (Å²) in [5.41, 5.74) is 4.05. The van der Waals surface area contributed by atoms with Gasteiger partial charge in [-0.15, -0.1) is 0 Å². The van der Waals surface area contributed by atoms with Gasteiger partial charge in [-0.05, 0) is 43.9 Å². The summed E-state index contributed by atoms with van der Waals surface area (Å²) in [5.74, 6) is -0.177. The molecule has 2 aromatic carbocycles. The minimum Gasteiger partial charge on any atom is -0.354 e. The maximum Gasteiger partial charge on any atom is 0.242 e. The van der Waals surface area contributed by atoms with Crippen LogP contribution in [0.4, 0.5) is 0 Å². The van der Waals surface area contributed by atoms with Crippen molar-refractivity contribution in [1.29, 1.82) is 0 Å². The van der Waals surface area contributed by atoms with Gasteiger partial charge in [0.2, 0.25) is 11.8 Å². The van der Waals surface area contributed by atoms with Crippen molar-refractivity contribution in [3.8, 4) is 0 Å². The van der Waals surface area contributed by atoms with E-state index in [2.05, 4.69) is 18.3 Å². The first-order valence-corrected chi connectivity index (χ1v) is 11.1. The number of carbonyl (C=O) groups excluding carboxylic acids is 2. The number of unbranched alkanes of at least 4 members (excludes halogenated alkanes) is 1. The summed E-state index contributed by atoms with van der Waals surface area (Å²) in [7, 11) is 0. The number of nitrogens with one attached hydrogen (secondary N) is 1. The zero-order valence-electron chi connectivity index (χ0n) is 18.5. The van der Waals surface area contributed by atoms with Gasteiger partial charge in [-0.2, -0.15) is 0 Å². The third-order valence-corrected chi connectivity index (χ3v) is 5.52. The van der Waals surface area contributed by atoms with Crippen LogP contribution in [-0.2, 0) is 22.6 Å². The molecule has 2 aromatic rings. The van der Waals surface area contributed by atoms with Crippen LogP contribution in [0.15, 0.2) is 42.5 Å². The SMILES string of the molecule is CCCCNC(=O)[C@H](CC)N(Cc1ccccc1Cl)C(=O)Cc1cc(C)cc(C)c1. The highest BCUT2D eigenvalue weighted by atomic mass is 35.5. The fourth-order valence-corrected chi connectivity index (χ4v) is 3.88. The summed E-state index contributed by atoms with van der Waals surface area (Å²) in [6, 6.07) is 13.1. The number of carbonyl (C=O) groups is 2. The topological polar surface area (TPSA) is 49.4 Å². The van der Waals surface area contributed by atoms with Crippen LogP contribution in [0.25, 0.3) is 0 Å². The number of hydrogen-bond donors (Lipinski definition) is 1. The molecule has 0 spiro atoms. The van der Waals surface area contributed by atoms with E-state index in [1.807, 2.05) is 57.2 Å². The zero-order valence-corrected chi connectivity index (χ0v) is 19.3. The van der Waals surface area contributed by atoms with E-state index in [1.54, 1.807) is 4.90 Å². The van der Waals surface area contributed by atoms with Gasteiger partial charge in [-0.25, -0.2) is 0 Å². The lowest BCUT2D eigenvalue weighted by Crippen LogP contribution is -2.49. The Morgan fingerprint density at radius 1 is 1.07 bits per heavy atom. The third kappa shape index (κ3) is 6.88. The second-order valence-electron chi connectivity index (χ2n) is 7.85. The van der Waals surface area contributed by atoms with Crippen LogP contribution in [-0.4, -0.2) is 29.3 Å². The molecule has 0 heterocycles. The summed E-state index contributed by atoms with van der Waals surface area (Å²) < 4.78 is 0. The Morgan fingerprint density at radius 2 is 1.73 bits per heavy atom. The lowest BCUT2D eigenvalue weighted by atomic mass is 10.0. The summed E-state index contributed by atoms with van der Waals surface area (Å²) >= 11 is 6.37. The Kier molecular flexibility index (Phi) is 9.38. The van der Waals surface area contributed by atoms with E-state index in [9.17, 15) is 9.59 Å². The number of rotatable bonds is 10. The molecule has 0 bridgehead atoms. The fourth-order valence-electron chi connectivity index (χ4n) is 3.68. The van der Waals surface area contributed by atoms with Gasteiger partial charge >= 0.3 is 0 Å². The molecule has 162 valence electrons. The molecule has 0 saturated carbocycles. The Labute approximate surface area is 185 Å². The highest BCUT2D eigenvalue weighted by molar-refractivity contribution is 6.31. The van der Waals surface area contributed by atoms with Gasteiger partial charge in [0.1, 0.15) is 6.04 Å². The highest BCUT2D eigenvalue weighted by Gasteiger charge is 2.29. The molecule has 0 aliphatic carbocycles. The van der Waals surface area contributed by atoms with E-state index >= 15 is 0 Å². The Hall–Kier alpha value is -2.33. The van der Waals surface area contributed by atoms with Crippen LogP contribution < -0.4 is 5.32 Å². The molecule has 0 radical (unpaired) electrons. The van der Waals surface area contributed by atoms with Crippen LogP contribution in [0.2, 0.25) is 5.02 Å². The lowest BCUT2D eigenvalue weighted by Gasteiger charge is -2.31. The van der Waals surface area contributed by atoms with Crippen LogP contribution in [0.3, 0.4) is 0 Å². The first kappa shape index (κ1) is 23.9. The fraction of sp³-hybridized carbons (Fsp3) is 0.440. The summed E-state index contributed by atoms with van der Waals surface area (Å²) in [6.45, 7) is 9.01. The normalized spacial score (nSPS) is 11.8. The molecule has 1 N–H and O–H groups in total. The van der Waals surface area contributed by atoms with Gasteiger partial charge in [0.25, 0.3) is 0 Å². The van der Waals surface area contributed by atoms with E-state index in [0.29, 0.717) is 24.5 Å². The van der Waals surface area contributed by atoms with Gasteiger partial charge in [0.15, 0.2) is 0 Å². The van der Waals surface area contributed by atoms with Gasteiger partial charge < -0.3 is 10.2 Å². The lowest BCUT2D eigenvalue weighted by molar-refractivity contribution is -0.140. The molecule has 0 unspecified atom stereocenters. The molecule has 0 fully saturated rings.